The molecule has 0 amide bonds. The Labute approximate surface area is 129 Å². The summed E-state index contributed by atoms with van der Waals surface area (Å²) >= 11 is 11.4. The first-order valence-electron chi connectivity index (χ1n) is 6.37. The van der Waals surface area contributed by atoms with Crippen molar-refractivity contribution < 1.29 is 0 Å². The van der Waals surface area contributed by atoms with Crippen LogP contribution in [0.1, 0.15) is 18.2 Å². The van der Waals surface area contributed by atoms with E-state index in [4.69, 9.17) is 23.8 Å². The molecule has 2 N–H and O–H groups in total. The molecule has 1 aromatic heterocycles. The van der Waals surface area contributed by atoms with Gasteiger partial charge in [-0.3, -0.25) is 4.68 Å². The van der Waals surface area contributed by atoms with Gasteiger partial charge in [0.15, 0.2) is 5.11 Å². The summed E-state index contributed by atoms with van der Waals surface area (Å²) in [6, 6.07) is 5.75. The van der Waals surface area contributed by atoms with Crippen molar-refractivity contribution in [3.8, 4) is 0 Å². The van der Waals surface area contributed by atoms with Crippen molar-refractivity contribution >= 4 is 40.3 Å². The van der Waals surface area contributed by atoms with Crippen molar-refractivity contribution in [1.82, 2.24) is 9.78 Å². The molecule has 0 aliphatic heterocycles. The highest BCUT2D eigenvalue weighted by atomic mass is 35.5. The Kier molecular flexibility index (Phi) is 4.62. The molecule has 0 saturated heterocycles. The van der Waals surface area contributed by atoms with Crippen LogP contribution in [0, 0.1) is 13.8 Å². The number of aromatic nitrogens is 2. The standard InChI is InChI=1S/C14H17ClN4S/c1-4-19-10(3)13(8-16-19)18-14(20)17-11-6-5-9(2)12(15)7-11/h5-8H,4H2,1-3H3,(H2,17,18,20). The topological polar surface area (TPSA) is 41.9 Å². The zero-order valence-corrected chi connectivity index (χ0v) is 13.3. The lowest BCUT2D eigenvalue weighted by atomic mass is 10.2. The molecule has 0 aliphatic carbocycles. The fraction of sp³-hybridized carbons (Fsp3) is 0.286. The van der Waals surface area contributed by atoms with E-state index in [-0.39, 0.29) is 0 Å². The minimum atomic E-state index is 0.517. The van der Waals surface area contributed by atoms with Crippen LogP contribution in [0.5, 0.6) is 0 Å². The third-order valence-electron chi connectivity index (χ3n) is 3.08. The first-order valence-corrected chi connectivity index (χ1v) is 7.16. The number of benzene rings is 1. The van der Waals surface area contributed by atoms with Gasteiger partial charge in [-0.1, -0.05) is 17.7 Å². The van der Waals surface area contributed by atoms with Crippen molar-refractivity contribution in [1.29, 1.82) is 0 Å². The summed E-state index contributed by atoms with van der Waals surface area (Å²) in [5, 5.41) is 11.8. The largest absolute Gasteiger partial charge is 0.332 e. The smallest absolute Gasteiger partial charge is 0.175 e. The highest BCUT2D eigenvalue weighted by Crippen LogP contribution is 2.20. The van der Waals surface area contributed by atoms with E-state index in [2.05, 4.69) is 22.7 Å². The number of thiocarbonyl (C=S) groups is 1. The number of hydrogen-bond donors (Lipinski definition) is 2. The molecule has 0 radical (unpaired) electrons. The molecule has 20 heavy (non-hydrogen) atoms. The molecule has 2 aromatic rings. The van der Waals surface area contributed by atoms with Crippen LogP contribution in [-0.4, -0.2) is 14.9 Å². The van der Waals surface area contributed by atoms with Gasteiger partial charge in [0.2, 0.25) is 0 Å². The van der Waals surface area contributed by atoms with Crippen molar-refractivity contribution in [2.45, 2.75) is 27.3 Å². The van der Waals surface area contributed by atoms with E-state index >= 15 is 0 Å². The summed E-state index contributed by atoms with van der Waals surface area (Å²) < 4.78 is 1.91. The number of nitrogens with zero attached hydrogens (tertiary/aromatic N) is 2. The minimum Gasteiger partial charge on any atom is -0.332 e. The van der Waals surface area contributed by atoms with Crippen LogP contribution in [0.2, 0.25) is 5.02 Å². The molecule has 1 heterocycles. The van der Waals surface area contributed by atoms with E-state index in [1.54, 1.807) is 6.20 Å². The monoisotopic (exact) mass is 308 g/mol. The quantitative estimate of drug-likeness (QED) is 0.842. The van der Waals surface area contributed by atoms with Crippen molar-refractivity contribution in [2.75, 3.05) is 10.6 Å². The SMILES string of the molecule is CCn1ncc(NC(=S)Nc2ccc(C)c(Cl)c2)c1C. The summed E-state index contributed by atoms with van der Waals surface area (Å²) in [4.78, 5) is 0. The molecule has 4 nitrogen and oxygen atoms in total. The van der Waals surface area contributed by atoms with Crippen molar-refractivity contribution in [2.24, 2.45) is 0 Å². The van der Waals surface area contributed by atoms with Gasteiger partial charge >= 0.3 is 0 Å². The van der Waals surface area contributed by atoms with Crippen LogP contribution in [0.15, 0.2) is 24.4 Å². The Morgan fingerprint density at radius 1 is 1.35 bits per heavy atom. The third kappa shape index (κ3) is 3.29. The Balaban J connectivity index is 2.05. The molecular weight excluding hydrogens is 292 g/mol. The summed E-state index contributed by atoms with van der Waals surface area (Å²) in [5.41, 5.74) is 3.86. The number of anilines is 2. The van der Waals surface area contributed by atoms with E-state index in [1.165, 1.54) is 0 Å². The van der Waals surface area contributed by atoms with E-state index in [1.807, 2.05) is 36.7 Å². The maximum Gasteiger partial charge on any atom is 0.175 e. The molecule has 0 atom stereocenters. The maximum atomic E-state index is 6.09. The zero-order chi connectivity index (χ0) is 14.7. The lowest BCUT2D eigenvalue weighted by Crippen LogP contribution is -2.19. The minimum absolute atomic E-state index is 0.517. The lowest BCUT2D eigenvalue weighted by Gasteiger charge is -2.11. The number of nitrogens with one attached hydrogen (secondary N) is 2. The Morgan fingerprint density at radius 2 is 2.10 bits per heavy atom. The average Bonchev–Trinajstić information content (AvgIpc) is 2.75. The van der Waals surface area contributed by atoms with Crippen LogP contribution in [0.25, 0.3) is 0 Å². The molecule has 0 bridgehead atoms. The normalized spacial score (nSPS) is 10.4. The molecule has 0 saturated carbocycles. The van der Waals surface area contributed by atoms with Gasteiger partial charge in [-0.05, 0) is 50.7 Å². The van der Waals surface area contributed by atoms with Crippen LogP contribution >= 0.6 is 23.8 Å². The van der Waals surface area contributed by atoms with Gasteiger partial charge in [0, 0.05) is 17.3 Å². The zero-order valence-electron chi connectivity index (χ0n) is 11.7. The molecule has 0 spiro atoms. The Hall–Kier alpha value is -1.59. The van der Waals surface area contributed by atoms with Gasteiger partial charge in [-0.25, -0.2) is 0 Å². The van der Waals surface area contributed by atoms with Crippen LogP contribution in [0.4, 0.5) is 11.4 Å². The lowest BCUT2D eigenvalue weighted by molar-refractivity contribution is 0.640. The van der Waals surface area contributed by atoms with Gasteiger partial charge < -0.3 is 10.6 Å². The predicted molar refractivity (Wildman–Crippen MR) is 88.7 cm³/mol. The molecule has 0 fully saturated rings. The molecule has 0 unspecified atom stereocenters. The summed E-state index contributed by atoms with van der Waals surface area (Å²) in [5.74, 6) is 0. The van der Waals surface area contributed by atoms with Crippen molar-refractivity contribution in [3.05, 3.63) is 40.7 Å². The van der Waals surface area contributed by atoms with Gasteiger partial charge in [0.05, 0.1) is 17.6 Å². The maximum absolute atomic E-state index is 6.09. The molecule has 1 aromatic carbocycles. The highest BCUT2D eigenvalue weighted by Gasteiger charge is 2.07. The Bertz CT molecular complexity index is 636. The third-order valence-corrected chi connectivity index (χ3v) is 3.69. The second kappa shape index (κ2) is 6.24. The highest BCUT2D eigenvalue weighted by molar-refractivity contribution is 7.80. The molecule has 0 aliphatic rings. The second-order valence-corrected chi connectivity index (χ2v) is 5.32. The molecular formula is C14H17ClN4S. The summed E-state index contributed by atoms with van der Waals surface area (Å²) in [6.45, 7) is 6.85. The molecule has 6 heteroatoms. The second-order valence-electron chi connectivity index (χ2n) is 4.50. The van der Waals surface area contributed by atoms with E-state index < -0.39 is 0 Å². The van der Waals surface area contributed by atoms with Gasteiger partial charge in [0.25, 0.3) is 0 Å². The van der Waals surface area contributed by atoms with E-state index in [0.29, 0.717) is 10.1 Å². The summed E-state index contributed by atoms with van der Waals surface area (Å²) in [7, 11) is 0. The number of hydrogen-bond acceptors (Lipinski definition) is 2. The average molecular weight is 309 g/mol. The number of rotatable bonds is 3. The fourth-order valence-corrected chi connectivity index (χ4v) is 2.25. The van der Waals surface area contributed by atoms with E-state index in [0.717, 1.165) is 29.2 Å². The van der Waals surface area contributed by atoms with Crippen LogP contribution in [-0.2, 0) is 6.54 Å². The number of aryl methyl sites for hydroxylation is 2. The molecule has 106 valence electrons. The van der Waals surface area contributed by atoms with Crippen LogP contribution in [0.3, 0.4) is 0 Å². The number of halogens is 1. The van der Waals surface area contributed by atoms with Gasteiger partial charge in [-0.2, -0.15) is 5.10 Å². The van der Waals surface area contributed by atoms with Crippen molar-refractivity contribution in [3.63, 3.8) is 0 Å². The molecule has 2 rings (SSSR count). The van der Waals surface area contributed by atoms with Crippen LogP contribution < -0.4 is 10.6 Å². The first-order chi connectivity index (χ1) is 9.51. The van der Waals surface area contributed by atoms with Gasteiger partial charge in [0.1, 0.15) is 0 Å². The Morgan fingerprint density at radius 3 is 2.70 bits per heavy atom. The predicted octanol–water partition coefficient (Wildman–Crippen LogP) is 3.98. The fourth-order valence-electron chi connectivity index (χ4n) is 1.84. The first kappa shape index (κ1) is 14.8. The van der Waals surface area contributed by atoms with E-state index in [9.17, 15) is 0 Å². The summed E-state index contributed by atoms with van der Waals surface area (Å²) in [6.07, 6.45) is 1.77. The van der Waals surface area contributed by atoms with Gasteiger partial charge in [-0.15, -0.1) is 0 Å².